The molecule has 0 amide bonds. The molecule has 0 aromatic heterocycles. The topological polar surface area (TPSA) is 41.6 Å². The van der Waals surface area contributed by atoms with E-state index in [1.54, 1.807) is 0 Å². The van der Waals surface area contributed by atoms with Crippen molar-refractivity contribution in [1.29, 1.82) is 0 Å². The van der Waals surface area contributed by atoms with Crippen LogP contribution in [0.2, 0.25) is 0 Å². The molecule has 0 radical (unpaired) electrons. The summed E-state index contributed by atoms with van der Waals surface area (Å²) in [5.41, 5.74) is 5.84. The Bertz CT molecular complexity index is 175. The zero-order valence-electron chi connectivity index (χ0n) is 8.79. The summed E-state index contributed by atoms with van der Waals surface area (Å²) in [5, 5.41) is 0. The van der Waals surface area contributed by atoms with Crippen molar-refractivity contribution < 1.29 is 0 Å². The summed E-state index contributed by atoms with van der Waals surface area (Å²) in [6.07, 6.45) is 5.05. The summed E-state index contributed by atoms with van der Waals surface area (Å²) >= 11 is 0. The van der Waals surface area contributed by atoms with Crippen molar-refractivity contribution in [3.63, 3.8) is 0 Å². The second kappa shape index (κ2) is 5.22. The van der Waals surface area contributed by atoms with E-state index in [4.69, 9.17) is 5.73 Å². The van der Waals surface area contributed by atoms with E-state index in [2.05, 4.69) is 16.8 Å². The van der Waals surface area contributed by atoms with Gasteiger partial charge in [0.25, 0.3) is 0 Å². The van der Waals surface area contributed by atoms with Crippen LogP contribution in [-0.4, -0.2) is 30.0 Å². The molecule has 0 saturated heterocycles. The minimum atomic E-state index is 0.128. The molecule has 0 fully saturated rings. The number of hydrogen-bond donors (Lipinski definition) is 1. The summed E-state index contributed by atoms with van der Waals surface area (Å²) in [7, 11) is 0. The third-order valence-electron chi connectivity index (χ3n) is 2.46. The molecular formula is C10H21N3. The third-order valence-corrected chi connectivity index (χ3v) is 2.46. The monoisotopic (exact) mass is 183 g/mol. The van der Waals surface area contributed by atoms with Crippen molar-refractivity contribution >= 4 is 5.84 Å². The normalized spacial score (nSPS) is 19.0. The number of nitrogens with two attached hydrogens (primary N) is 1. The minimum Gasteiger partial charge on any atom is -0.343 e. The highest BCUT2D eigenvalue weighted by Gasteiger charge is 2.18. The lowest BCUT2D eigenvalue weighted by Gasteiger charge is -2.24. The molecule has 13 heavy (non-hydrogen) atoms. The Hall–Kier alpha value is -0.570. The Balaban J connectivity index is 2.31. The van der Waals surface area contributed by atoms with E-state index >= 15 is 0 Å². The van der Waals surface area contributed by atoms with Crippen LogP contribution in [0.4, 0.5) is 0 Å². The van der Waals surface area contributed by atoms with E-state index in [9.17, 15) is 0 Å². The van der Waals surface area contributed by atoms with Crippen LogP contribution in [0.15, 0.2) is 4.99 Å². The quantitative estimate of drug-likeness (QED) is 0.658. The molecule has 0 spiro atoms. The highest BCUT2D eigenvalue weighted by atomic mass is 15.3. The highest BCUT2D eigenvalue weighted by molar-refractivity contribution is 5.83. The van der Waals surface area contributed by atoms with E-state index in [0.717, 1.165) is 19.5 Å². The van der Waals surface area contributed by atoms with Gasteiger partial charge >= 0.3 is 0 Å². The second-order valence-electron chi connectivity index (χ2n) is 3.69. The van der Waals surface area contributed by atoms with Gasteiger partial charge in [0.1, 0.15) is 5.84 Å². The fourth-order valence-corrected chi connectivity index (χ4v) is 1.70. The second-order valence-corrected chi connectivity index (χ2v) is 3.69. The Morgan fingerprint density at radius 3 is 2.92 bits per heavy atom. The molecule has 0 aromatic carbocycles. The fourth-order valence-electron chi connectivity index (χ4n) is 1.70. The van der Waals surface area contributed by atoms with Gasteiger partial charge in [0.05, 0.1) is 12.7 Å². The van der Waals surface area contributed by atoms with E-state index in [-0.39, 0.29) is 6.17 Å². The molecule has 1 heterocycles. The molecule has 0 bridgehead atoms. The molecule has 1 aliphatic rings. The first-order chi connectivity index (χ1) is 6.25. The maximum atomic E-state index is 5.84. The van der Waals surface area contributed by atoms with E-state index < -0.39 is 0 Å². The number of aliphatic imine (C=N–C) groups is 1. The van der Waals surface area contributed by atoms with E-state index in [1.165, 1.54) is 25.1 Å². The average molecular weight is 183 g/mol. The van der Waals surface area contributed by atoms with Crippen molar-refractivity contribution in [1.82, 2.24) is 4.90 Å². The van der Waals surface area contributed by atoms with Crippen LogP contribution in [0.25, 0.3) is 0 Å². The number of nitrogens with zero attached hydrogens (tertiary/aromatic N) is 2. The van der Waals surface area contributed by atoms with Gasteiger partial charge in [0, 0.05) is 13.0 Å². The van der Waals surface area contributed by atoms with Crippen molar-refractivity contribution in [3.05, 3.63) is 0 Å². The van der Waals surface area contributed by atoms with E-state index in [0.29, 0.717) is 0 Å². The van der Waals surface area contributed by atoms with Crippen LogP contribution in [0, 0.1) is 0 Å². The lowest BCUT2D eigenvalue weighted by Crippen LogP contribution is -2.41. The van der Waals surface area contributed by atoms with Crippen molar-refractivity contribution in [2.24, 2.45) is 10.7 Å². The maximum absolute atomic E-state index is 5.84. The molecule has 3 nitrogen and oxygen atoms in total. The smallest absolute Gasteiger partial charge is 0.100 e. The molecule has 0 aromatic rings. The fraction of sp³-hybridized carbons (Fsp3) is 0.900. The van der Waals surface area contributed by atoms with Crippen LogP contribution >= 0.6 is 0 Å². The van der Waals surface area contributed by atoms with Gasteiger partial charge in [-0.05, 0) is 13.3 Å². The molecule has 1 rings (SSSR count). The predicted molar refractivity (Wildman–Crippen MR) is 56.8 cm³/mol. The Labute approximate surface area is 81.0 Å². The first-order valence-electron chi connectivity index (χ1n) is 5.31. The molecule has 1 unspecified atom stereocenters. The Kier molecular flexibility index (Phi) is 4.22. The Morgan fingerprint density at radius 1 is 1.54 bits per heavy atom. The standard InChI is InChI=1S/C10H21N3/c1-3-4-5-6-10-12-7-8-13(10)9(2)11/h9H,3-8,11H2,1-2H3. The van der Waals surface area contributed by atoms with Gasteiger partial charge in [0.15, 0.2) is 0 Å². The first kappa shape index (κ1) is 10.5. The van der Waals surface area contributed by atoms with Crippen molar-refractivity contribution in [2.75, 3.05) is 13.1 Å². The predicted octanol–water partition coefficient (Wildman–Crippen LogP) is 1.59. The zero-order chi connectivity index (χ0) is 9.68. The van der Waals surface area contributed by atoms with Crippen LogP contribution in [-0.2, 0) is 0 Å². The molecule has 1 aliphatic heterocycles. The number of rotatable bonds is 5. The molecule has 0 aliphatic carbocycles. The number of hydrogen-bond acceptors (Lipinski definition) is 3. The molecule has 2 N–H and O–H groups in total. The first-order valence-corrected chi connectivity index (χ1v) is 5.31. The lowest BCUT2D eigenvalue weighted by molar-refractivity contribution is 0.359. The summed E-state index contributed by atoms with van der Waals surface area (Å²) in [6.45, 7) is 6.20. The van der Waals surface area contributed by atoms with Crippen LogP contribution in [0.5, 0.6) is 0 Å². The molecule has 76 valence electrons. The van der Waals surface area contributed by atoms with Gasteiger partial charge < -0.3 is 10.6 Å². The SMILES string of the molecule is CCCCCC1=NCCN1C(C)N. The number of amidine groups is 1. The summed E-state index contributed by atoms with van der Waals surface area (Å²) in [6, 6.07) is 0. The third kappa shape index (κ3) is 2.99. The number of unbranched alkanes of at least 4 members (excludes halogenated alkanes) is 2. The van der Waals surface area contributed by atoms with Crippen LogP contribution in [0.1, 0.15) is 39.5 Å². The maximum Gasteiger partial charge on any atom is 0.100 e. The lowest BCUT2D eigenvalue weighted by atomic mass is 10.2. The van der Waals surface area contributed by atoms with Gasteiger partial charge in [-0.3, -0.25) is 4.99 Å². The minimum absolute atomic E-state index is 0.128. The average Bonchev–Trinajstić information content (AvgIpc) is 2.53. The van der Waals surface area contributed by atoms with Gasteiger partial charge in [0.2, 0.25) is 0 Å². The van der Waals surface area contributed by atoms with Gasteiger partial charge in [-0.2, -0.15) is 0 Å². The van der Waals surface area contributed by atoms with Gasteiger partial charge in [-0.15, -0.1) is 0 Å². The summed E-state index contributed by atoms with van der Waals surface area (Å²) in [5.74, 6) is 1.23. The van der Waals surface area contributed by atoms with Crippen molar-refractivity contribution in [2.45, 2.75) is 45.7 Å². The van der Waals surface area contributed by atoms with Gasteiger partial charge in [-0.25, -0.2) is 0 Å². The highest BCUT2D eigenvalue weighted by Crippen LogP contribution is 2.10. The Morgan fingerprint density at radius 2 is 2.31 bits per heavy atom. The largest absolute Gasteiger partial charge is 0.343 e. The summed E-state index contributed by atoms with van der Waals surface area (Å²) < 4.78 is 0. The molecule has 0 saturated carbocycles. The molecular weight excluding hydrogens is 162 g/mol. The van der Waals surface area contributed by atoms with Gasteiger partial charge in [-0.1, -0.05) is 19.8 Å². The van der Waals surface area contributed by atoms with E-state index in [1.807, 2.05) is 6.92 Å². The van der Waals surface area contributed by atoms with Crippen LogP contribution in [0.3, 0.4) is 0 Å². The molecule has 3 heteroatoms. The zero-order valence-corrected chi connectivity index (χ0v) is 8.79. The summed E-state index contributed by atoms with van der Waals surface area (Å²) in [4.78, 5) is 6.69. The van der Waals surface area contributed by atoms with Crippen molar-refractivity contribution in [3.8, 4) is 0 Å². The van der Waals surface area contributed by atoms with Crippen LogP contribution < -0.4 is 5.73 Å². The molecule has 1 atom stereocenters.